The average Bonchev–Trinajstić information content (AvgIpc) is 3.19. The highest BCUT2D eigenvalue weighted by Crippen LogP contribution is 2.47. The van der Waals surface area contributed by atoms with E-state index in [1.807, 2.05) is 12.1 Å². The van der Waals surface area contributed by atoms with Gasteiger partial charge in [0.2, 0.25) is 11.8 Å². The number of nitrogens with zero attached hydrogens (tertiary/aromatic N) is 2. The summed E-state index contributed by atoms with van der Waals surface area (Å²) < 4.78 is 0.922. The molecule has 2 bridgehead atoms. The maximum Gasteiger partial charge on any atom is 0.331 e. The number of amides is 4. The van der Waals surface area contributed by atoms with Gasteiger partial charge in [0.1, 0.15) is 0 Å². The van der Waals surface area contributed by atoms with Gasteiger partial charge in [0.15, 0.2) is 5.92 Å². The molecule has 1 heterocycles. The molecule has 1 aliphatic heterocycles. The maximum absolute atomic E-state index is 12.8. The number of carbonyl (C=O) groups is 3. The second kappa shape index (κ2) is 6.37. The topological polar surface area (TPSA) is 78.8 Å². The molecule has 7 heteroatoms. The first-order chi connectivity index (χ1) is 12.0. The van der Waals surface area contributed by atoms with Gasteiger partial charge in [-0.05, 0) is 55.4 Å². The van der Waals surface area contributed by atoms with Crippen LogP contribution in [0, 0.1) is 17.8 Å². The number of imide groups is 2. The van der Waals surface area contributed by atoms with Gasteiger partial charge in [0.05, 0.1) is 5.69 Å². The van der Waals surface area contributed by atoms with E-state index in [2.05, 4.69) is 26.2 Å². The van der Waals surface area contributed by atoms with Gasteiger partial charge in [-0.25, -0.2) is 4.79 Å². The maximum atomic E-state index is 12.8. The van der Waals surface area contributed by atoms with Crippen LogP contribution in [0.5, 0.6) is 0 Å². The number of aliphatic imine (C=N–C) groups is 1. The molecule has 2 aliphatic carbocycles. The zero-order valence-electron chi connectivity index (χ0n) is 13.5. The normalized spacial score (nSPS) is 31.9. The fraction of sp³-hybridized carbons (Fsp3) is 0.444. The summed E-state index contributed by atoms with van der Waals surface area (Å²) in [5.74, 6) is -1.14. The van der Waals surface area contributed by atoms with Crippen LogP contribution in [0.4, 0.5) is 10.5 Å². The van der Waals surface area contributed by atoms with E-state index in [9.17, 15) is 14.4 Å². The molecule has 4 amide bonds. The number of nitrogens with one attached hydrogen (secondary N) is 1. The van der Waals surface area contributed by atoms with Crippen molar-refractivity contribution in [2.24, 2.45) is 22.7 Å². The summed E-state index contributed by atoms with van der Waals surface area (Å²) in [6.07, 6.45) is 5.51. The van der Waals surface area contributed by atoms with Crippen LogP contribution in [0.3, 0.4) is 0 Å². The average molecular weight is 404 g/mol. The molecule has 0 unspecified atom stereocenters. The first-order valence-corrected chi connectivity index (χ1v) is 9.30. The molecule has 4 atom stereocenters. The van der Waals surface area contributed by atoms with E-state index in [0.29, 0.717) is 17.5 Å². The molecule has 3 aliphatic rings. The lowest BCUT2D eigenvalue weighted by Gasteiger charge is -2.36. The van der Waals surface area contributed by atoms with E-state index in [1.165, 1.54) is 17.5 Å². The molecule has 0 radical (unpaired) electrons. The number of benzene rings is 1. The zero-order valence-corrected chi connectivity index (χ0v) is 15.1. The van der Waals surface area contributed by atoms with Gasteiger partial charge in [-0.1, -0.05) is 22.4 Å². The van der Waals surface area contributed by atoms with Crippen LogP contribution in [0.2, 0.25) is 0 Å². The van der Waals surface area contributed by atoms with Crippen molar-refractivity contribution in [1.82, 2.24) is 10.2 Å². The van der Waals surface area contributed by atoms with Crippen molar-refractivity contribution in [1.29, 1.82) is 0 Å². The summed E-state index contributed by atoms with van der Waals surface area (Å²) in [6, 6.07) is 6.57. The van der Waals surface area contributed by atoms with Gasteiger partial charge >= 0.3 is 6.03 Å². The predicted octanol–water partition coefficient (Wildman–Crippen LogP) is 3.03. The van der Waals surface area contributed by atoms with Crippen molar-refractivity contribution in [2.45, 2.75) is 31.7 Å². The summed E-state index contributed by atoms with van der Waals surface area (Å²) in [4.78, 5) is 42.7. The van der Waals surface area contributed by atoms with Gasteiger partial charge in [0, 0.05) is 16.7 Å². The SMILES string of the molecule is O=C1NC(=O)N([C@@H]2C[C@H]3CC[C@H]2C3)C(=O)[C@@H]1C=Nc1ccc(Br)cc1. The van der Waals surface area contributed by atoms with Crippen LogP contribution in [0.25, 0.3) is 0 Å². The predicted molar refractivity (Wildman–Crippen MR) is 95.4 cm³/mol. The Labute approximate surface area is 153 Å². The van der Waals surface area contributed by atoms with Crippen molar-refractivity contribution >= 4 is 45.7 Å². The second-order valence-corrected chi connectivity index (χ2v) is 7.89. The van der Waals surface area contributed by atoms with Crippen LogP contribution in [0.1, 0.15) is 25.7 Å². The van der Waals surface area contributed by atoms with Crippen LogP contribution in [-0.4, -0.2) is 35.0 Å². The van der Waals surface area contributed by atoms with Gasteiger partial charge < -0.3 is 0 Å². The highest BCUT2D eigenvalue weighted by molar-refractivity contribution is 9.10. The third-order valence-corrected chi connectivity index (χ3v) is 6.00. The fourth-order valence-electron chi connectivity index (χ4n) is 4.27. The summed E-state index contributed by atoms with van der Waals surface area (Å²) in [7, 11) is 0. The molecule has 4 rings (SSSR count). The lowest BCUT2D eigenvalue weighted by atomic mass is 9.92. The Hall–Kier alpha value is -2.02. The van der Waals surface area contributed by atoms with E-state index in [4.69, 9.17) is 0 Å². The number of rotatable bonds is 3. The van der Waals surface area contributed by atoms with Crippen molar-refractivity contribution in [3.63, 3.8) is 0 Å². The third kappa shape index (κ3) is 3.01. The van der Waals surface area contributed by atoms with Crippen molar-refractivity contribution < 1.29 is 14.4 Å². The number of fused-ring (bicyclic) bond motifs is 2. The summed E-state index contributed by atoms with van der Waals surface area (Å²) in [5.41, 5.74) is 0.646. The fourth-order valence-corrected chi connectivity index (χ4v) is 4.53. The molecular formula is C18H18BrN3O3. The molecule has 1 aromatic rings. The molecule has 130 valence electrons. The number of carbonyl (C=O) groups excluding carboxylic acids is 3. The minimum atomic E-state index is -1.06. The second-order valence-electron chi connectivity index (χ2n) is 6.98. The van der Waals surface area contributed by atoms with Crippen molar-refractivity contribution in [3.8, 4) is 0 Å². The molecule has 0 aromatic heterocycles. The van der Waals surface area contributed by atoms with E-state index < -0.39 is 23.8 Å². The zero-order chi connectivity index (χ0) is 17.6. The number of barbiturate groups is 1. The number of hydrogen-bond acceptors (Lipinski definition) is 4. The quantitative estimate of drug-likeness (QED) is 0.622. The van der Waals surface area contributed by atoms with Crippen molar-refractivity contribution in [2.75, 3.05) is 0 Å². The molecule has 6 nitrogen and oxygen atoms in total. The molecule has 1 N–H and O–H groups in total. The molecular weight excluding hydrogens is 386 g/mol. The van der Waals surface area contributed by atoms with Gasteiger partial charge in [0.25, 0.3) is 0 Å². The molecule has 0 spiro atoms. The van der Waals surface area contributed by atoms with Gasteiger partial charge in [-0.15, -0.1) is 0 Å². The molecule has 1 saturated heterocycles. The highest BCUT2D eigenvalue weighted by atomic mass is 79.9. The Kier molecular flexibility index (Phi) is 4.19. The van der Waals surface area contributed by atoms with Crippen LogP contribution < -0.4 is 5.32 Å². The van der Waals surface area contributed by atoms with Gasteiger partial charge in [-0.2, -0.15) is 0 Å². The third-order valence-electron chi connectivity index (χ3n) is 5.47. The van der Waals surface area contributed by atoms with Crippen LogP contribution >= 0.6 is 15.9 Å². The van der Waals surface area contributed by atoms with Crippen LogP contribution in [-0.2, 0) is 9.59 Å². The Morgan fingerprint density at radius 3 is 2.52 bits per heavy atom. The summed E-state index contributed by atoms with van der Waals surface area (Å²) in [6.45, 7) is 0. The molecule has 25 heavy (non-hydrogen) atoms. The number of hydrogen-bond donors (Lipinski definition) is 1. The van der Waals surface area contributed by atoms with E-state index in [1.54, 1.807) is 12.1 Å². The summed E-state index contributed by atoms with van der Waals surface area (Å²) in [5, 5.41) is 2.32. The lowest BCUT2D eigenvalue weighted by molar-refractivity contribution is -0.141. The highest BCUT2D eigenvalue weighted by Gasteiger charge is 2.50. The Morgan fingerprint density at radius 2 is 1.88 bits per heavy atom. The Balaban J connectivity index is 1.55. The van der Waals surface area contributed by atoms with E-state index >= 15 is 0 Å². The minimum Gasteiger partial charge on any atom is -0.277 e. The standard InChI is InChI=1S/C18H18BrN3O3/c19-12-3-5-13(6-4-12)20-9-14-16(23)21-18(25)22(17(14)24)15-8-10-1-2-11(15)7-10/h3-6,9-11,14-15H,1-2,7-8H2,(H,21,23,25)/t10-,11-,14+,15+/m0/s1. The van der Waals surface area contributed by atoms with E-state index in [0.717, 1.165) is 23.7 Å². The monoisotopic (exact) mass is 403 g/mol. The lowest BCUT2D eigenvalue weighted by Crippen LogP contribution is -2.62. The smallest absolute Gasteiger partial charge is 0.277 e. The minimum absolute atomic E-state index is 0.0806. The molecule has 1 aromatic carbocycles. The van der Waals surface area contributed by atoms with E-state index in [-0.39, 0.29) is 6.04 Å². The van der Waals surface area contributed by atoms with Gasteiger partial charge in [-0.3, -0.25) is 24.8 Å². The molecule has 3 fully saturated rings. The van der Waals surface area contributed by atoms with Crippen molar-refractivity contribution in [3.05, 3.63) is 28.7 Å². The Morgan fingerprint density at radius 1 is 1.12 bits per heavy atom. The molecule has 2 saturated carbocycles. The first kappa shape index (κ1) is 16.4. The summed E-state index contributed by atoms with van der Waals surface area (Å²) >= 11 is 3.35. The van der Waals surface area contributed by atoms with Crippen LogP contribution in [0.15, 0.2) is 33.7 Å². The number of urea groups is 1. The number of halogens is 1. The Bertz CT molecular complexity index is 761. The first-order valence-electron chi connectivity index (χ1n) is 8.50. The largest absolute Gasteiger partial charge is 0.331 e.